The SMILES string of the molecule is Cc1cc(F)ccc1S(=O)(=O)NCc1cc[nH]c1. The van der Waals surface area contributed by atoms with E-state index >= 15 is 0 Å². The molecule has 0 saturated carbocycles. The Morgan fingerprint density at radius 2 is 2.11 bits per heavy atom. The average Bonchev–Trinajstić information content (AvgIpc) is 2.78. The molecule has 0 spiro atoms. The first-order valence-electron chi connectivity index (χ1n) is 5.36. The molecule has 0 fully saturated rings. The number of H-pyrrole nitrogens is 1. The van der Waals surface area contributed by atoms with Crippen LogP contribution in [0.15, 0.2) is 41.6 Å². The van der Waals surface area contributed by atoms with Gasteiger partial charge in [0, 0.05) is 18.9 Å². The molecule has 2 N–H and O–H groups in total. The summed E-state index contributed by atoms with van der Waals surface area (Å²) in [6, 6.07) is 5.38. The molecule has 0 saturated heterocycles. The number of sulfonamides is 1. The lowest BCUT2D eigenvalue weighted by Crippen LogP contribution is -2.23. The molecule has 2 rings (SSSR count). The molecule has 0 radical (unpaired) electrons. The summed E-state index contributed by atoms with van der Waals surface area (Å²) in [6.07, 6.45) is 3.42. The fraction of sp³-hybridized carbons (Fsp3) is 0.167. The number of benzene rings is 1. The van der Waals surface area contributed by atoms with E-state index < -0.39 is 15.8 Å². The molecule has 1 aromatic carbocycles. The lowest BCUT2D eigenvalue weighted by atomic mass is 10.2. The third-order valence-corrected chi connectivity index (χ3v) is 4.12. The lowest BCUT2D eigenvalue weighted by molar-refractivity contribution is 0.579. The van der Waals surface area contributed by atoms with Crippen LogP contribution >= 0.6 is 0 Å². The Morgan fingerprint density at radius 3 is 2.72 bits per heavy atom. The number of hydrogen-bond acceptors (Lipinski definition) is 2. The van der Waals surface area contributed by atoms with Crippen molar-refractivity contribution < 1.29 is 12.8 Å². The van der Waals surface area contributed by atoms with Crippen LogP contribution in [0.4, 0.5) is 4.39 Å². The van der Waals surface area contributed by atoms with E-state index in [0.29, 0.717) is 5.56 Å². The fourth-order valence-corrected chi connectivity index (χ4v) is 2.88. The van der Waals surface area contributed by atoms with Gasteiger partial charge in [0.2, 0.25) is 10.0 Å². The molecule has 0 atom stereocenters. The van der Waals surface area contributed by atoms with E-state index in [0.717, 1.165) is 11.6 Å². The molecule has 0 amide bonds. The van der Waals surface area contributed by atoms with E-state index in [1.54, 1.807) is 25.4 Å². The van der Waals surface area contributed by atoms with Crippen molar-refractivity contribution in [1.82, 2.24) is 9.71 Å². The highest BCUT2D eigenvalue weighted by molar-refractivity contribution is 7.89. The van der Waals surface area contributed by atoms with E-state index in [-0.39, 0.29) is 11.4 Å². The van der Waals surface area contributed by atoms with Crippen molar-refractivity contribution in [2.75, 3.05) is 0 Å². The van der Waals surface area contributed by atoms with Crippen molar-refractivity contribution in [3.63, 3.8) is 0 Å². The minimum Gasteiger partial charge on any atom is -0.367 e. The smallest absolute Gasteiger partial charge is 0.241 e. The highest BCUT2D eigenvalue weighted by atomic mass is 32.2. The van der Waals surface area contributed by atoms with Gasteiger partial charge in [-0.3, -0.25) is 0 Å². The molecule has 96 valence electrons. The topological polar surface area (TPSA) is 62.0 Å². The van der Waals surface area contributed by atoms with Gasteiger partial charge in [0.25, 0.3) is 0 Å². The first-order chi connectivity index (χ1) is 8.49. The van der Waals surface area contributed by atoms with Gasteiger partial charge in [0.15, 0.2) is 0 Å². The monoisotopic (exact) mass is 268 g/mol. The zero-order valence-electron chi connectivity index (χ0n) is 9.77. The Balaban J connectivity index is 2.20. The van der Waals surface area contributed by atoms with Crippen molar-refractivity contribution in [2.24, 2.45) is 0 Å². The van der Waals surface area contributed by atoms with E-state index in [9.17, 15) is 12.8 Å². The number of hydrogen-bond donors (Lipinski definition) is 2. The molecule has 0 aliphatic heterocycles. The largest absolute Gasteiger partial charge is 0.367 e. The number of aromatic nitrogens is 1. The second-order valence-electron chi connectivity index (χ2n) is 3.95. The molecule has 6 heteroatoms. The third-order valence-electron chi connectivity index (χ3n) is 2.56. The van der Waals surface area contributed by atoms with Crippen LogP contribution in [0.25, 0.3) is 0 Å². The molecule has 1 aromatic heterocycles. The normalized spacial score (nSPS) is 11.7. The second-order valence-corrected chi connectivity index (χ2v) is 5.69. The molecule has 0 aliphatic carbocycles. The van der Waals surface area contributed by atoms with Gasteiger partial charge < -0.3 is 4.98 Å². The van der Waals surface area contributed by atoms with Crippen molar-refractivity contribution in [1.29, 1.82) is 0 Å². The van der Waals surface area contributed by atoms with Crippen molar-refractivity contribution in [3.8, 4) is 0 Å². The van der Waals surface area contributed by atoms with Crippen LogP contribution in [-0.4, -0.2) is 13.4 Å². The summed E-state index contributed by atoms with van der Waals surface area (Å²) < 4.78 is 39.4. The first-order valence-corrected chi connectivity index (χ1v) is 6.85. The zero-order valence-corrected chi connectivity index (χ0v) is 10.6. The Labute approximate surface area is 105 Å². The summed E-state index contributed by atoms with van der Waals surface area (Å²) in [7, 11) is -3.61. The highest BCUT2D eigenvalue weighted by Crippen LogP contribution is 2.16. The summed E-state index contributed by atoms with van der Waals surface area (Å²) >= 11 is 0. The van der Waals surface area contributed by atoms with Crippen LogP contribution in [-0.2, 0) is 16.6 Å². The van der Waals surface area contributed by atoms with Crippen LogP contribution in [0.2, 0.25) is 0 Å². The number of nitrogens with one attached hydrogen (secondary N) is 2. The molecule has 1 heterocycles. The van der Waals surface area contributed by atoms with Gasteiger partial charge in [-0.1, -0.05) is 0 Å². The van der Waals surface area contributed by atoms with Gasteiger partial charge in [-0.05, 0) is 42.3 Å². The third kappa shape index (κ3) is 2.77. The minimum atomic E-state index is -3.61. The Bertz CT molecular complexity index is 636. The standard InChI is InChI=1S/C12H13FN2O2S/c1-9-6-11(13)2-3-12(9)18(16,17)15-8-10-4-5-14-7-10/h2-7,14-15H,8H2,1H3. The molecule has 0 unspecified atom stereocenters. The molecular formula is C12H13FN2O2S. The predicted octanol–water partition coefficient (Wildman–Crippen LogP) is 1.94. The molecule has 0 aliphatic rings. The fourth-order valence-electron chi connectivity index (χ4n) is 1.64. The Kier molecular flexibility index (Phi) is 3.49. The number of rotatable bonds is 4. The van der Waals surface area contributed by atoms with Gasteiger partial charge in [-0.2, -0.15) is 0 Å². The second kappa shape index (κ2) is 4.91. The number of halogens is 1. The predicted molar refractivity (Wildman–Crippen MR) is 66.0 cm³/mol. The van der Waals surface area contributed by atoms with Gasteiger partial charge in [-0.15, -0.1) is 0 Å². The summed E-state index contributed by atoms with van der Waals surface area (Å²) in [6.45, 7) is 1.76. The van der Waals surface area contributed by atoms with Crippen LogP contribution in [0, 0.1) is 12.7 Å². The van der Waals surface area contributed by atoms with Crippen molar-refractivity contribution >= 4 is 10.0 Å². The van der Waals surface area contributed by atoms with E-state index in [1.165, 1.54) is 12.1 Å². The molecule has 0 bridgehead atoms. The van der Waals surface area contributed by atoms with Gasteiger partial charge in [0.05, 0.1) is 4.90 Å². The lowest BCUT2D eigenvalue weighted by Gasteiger charge is -2.08. The quantitative estimate of drug-likeness (QED) is 0.890. The van der Waals surface area contributed by atoms with Crippen LogP contribution < -0.4 is 4.72 Å². The van der Waals surface area contributed by atoms with Crippen molar-refractivity contribution in [3.05, 3.63) is 53.6 Å². The average molecular weight is 268 g/mol. The molecule has 18 heavy (non-hydrogen) atoms. The summed E-state index contributed by atoms with van der Waals surface area (Å²) in [5, 5.41) is 0. The maximum absolute atomic E-state index is 12.9. The molecular weight excluding hydrogens is 255 g/mol. The van der Waals surface area contributed by atoms with E-state index in [2.05, 4.69) is 9.71 Å². The van der Waals surface area contributed by atoms with Crippen LogP contribution in [0.5, 0.6) is 0 Å². The maximum Gasteiger partial charge on any atom is 0.241 e. The molecule has 4 nitrogen and oxygen atoms in total. The Hall–Kier alpha value is -1.66. The summed E-state index contributed by atoms with van der Waals surface area (Å²) in [5.74, 6) is -0.447. The van der Waals surface area contributed by atoms with E-state index in [4.69, 9.17) is 0 Å². The summed E-state index contributed by atoms with van der Waals surface area (Å²) in [4.78, 5) is 2.94. The van der Waals surface area contributed by atoms with Gasteiger partial charge in [0.1, 0.15) is 5.82 Å². The number of aryl methyl sites for hydroxylation is 1. The first kappa shape index (κ1) is 12.8. The van der Waals surface area contributed by atoms with Crippen LogP contribution in [0.1, 0.15) is 11.1 Å². The van der Waals surface area contributed by atoms with E-state index in [1.807, 2.05) is 0 Å². The van der Waals surface area contributed by atoms with Crippen molar-refractivity contribution in [2.45, 2.75) is 18.4 Å². The highest BCUT2D eigenvalue weighted by Gasteiger charge is 2.16. The minimum absolute atomic E-state index is 0.0967. The maximum atomic E-state index is 12.9. The Morgan fingerprint density at radius 1 is 1.33 bits per heavy atom. The van der Waals surface area contributed by atoms with Gasteiger partial charge >= 0.3 is 0 Å². The zero-order chi connectivity index (χ0) is 13.2. The van der Waals surface area contributed by atoms with Crippen LogP contribution in [0.3, 0.4) is 0 Å². The molecule has 2 aromatic rings. The summed E-state index contributed by atoms with van der Waals surface area (Å²) in [5.41, 5.74) is 1.22. The van der Waals surface area contributed by atoms with Gasteiger partial charge in [-0.25, -0.2) is 17.5 Å². The number of aromatic amines is 1.